The number of aryl methyl sites for hydroxylation is 3. The third-order valence-electron chi connectivity index (χ3n) is 3.72. The van der Waals surface area contributed by atoms with E-state index in [0.717, 1.165) is 17.1 Å². The summed E-state index contributed by atoms with van der Waals surface area (Å²) in [5.41, 5.74) is 5.33. The molecule has 3 nitrogen and oxygen atoms in total. The molecule has 0 aliphatic carbocycles. The van der Waals surface area contributed by atoms with E-state index in [4.69, 9.17) is 0 Å². The normalized spacial score (nSPS) is 11.1. The SMILES string of the molecule is Cc1ccc(Cc2nc(C)c(C(C)C)c(=O)[nH]2)cc1C. The summed E-state index contributed by atoms with van der Waals surface area (Å²) in [7, 11) is 0. The highest BCUT2D eigenvalue weighted by atomic mass is 16.1. The van der Waals surface area contributed by atoms with Crippen LogP contribution in [0.3, 0.4) is 0 Å². The molecule has 0 spiro atoms. The van der Waals surface area contributed by atoms with Crippen molar-refractivity contribution in [1.29, 1.82) is 0 Å². The molecule has 0 amide bonds. The fraction of sp³-hybridized carbons (Fsp3) is 0.412. The minimum Gasteiger partial charge on any atom is -0.310 e. The fourth-order valence-corrected chi connectivity index (χ4v) is 2.52. The number of aromatic amines is 1. The van der Waals surface area contributed by atoms with E-state index < -0.39 is 0 Å². The predicted molar refractivity (Wildman–Crippen MR) is 82.4 cm³/mol. The molecule has 0 atom stereocenters. The molecule has 0 saturated heterocycles. The summed E-state index contributed by atoms with van der Waals surface area (Å²) in [6, 6.07) is 6.35. The summed E-state index contributed by atoms with van der Waals surface area (Å²) in [6.45, 7) is 10.1. The molecule has 0 unspecified atom stereocenters. The number of hydrogen-bond acceptors (Lipinski definition) is 2. The van der Waals surface area contributed by atoms with Crippen LogP contribution in [-0.2, 0) is 6.42 Å². The van der Waals surface area contributed by atoms with Crippen molar-refractivity contribution in [2.24, 2.45) is 0 Å². The summed E-state index contributed by atoms with van der Waals surface area (Å²) in [4.78, 5) is 19.6. The molecule has 2 aromatic rings. The van der Waals surface area contributed by atoms with Crippen LogP contribution in [0.4, 0.5) is 0 Å². The number of nitrogens with zero attached hydrogens (tertiary/aromatic N) is 1. The number of benzene rings is 1. The number of aromatic nitrogens is 2. The van der Waals surface area contributed by atoms with Crippen LogP contribution in [0.2, 0.25) is 0 Å². The number of H-pyrrole nitrogens is 1. The van der Waals surface area contributed by atoms with Crippen molar-refractivity contribution in [3.8, 4) is 0 Å². The lowest BCUT2D eigenvalue weighted by Crippen LogP contribution is -2.20. The number of hydrogen-bond donors (Lipinski definition) is 1. The zero-order chi connectivity index (χ0) is 14.9. The fourth-order valence-electron chi connectivity index (χ4n) is 2.52. The van der Waals surface area contributed by atoms with Crippen molar-refractivity contribution < 1.29 is 0 Å². The van der Waals surface area contributed by atoms with Gasteiger partial charge in [-0.1, -0.05) is 32.0 Å². The Morgan fingerprint density at radius 1 is 1.15 bits per heavy atom. The van der Waals surface area contributed by atoms with Gasteiger partial charge in [0.2, 0.25) is 0 Å². The van der Waals surface area contributed by atoms with Crippen molar-refractivity contribution in [2.45, 2.75) is 47.0 Å². The first-order valence-electron chi connectivity index (χ1n) is 7.04. The Morgan fingerprint density at radius 3 is 2.40 bits per heavy atom. The van der Waals surface area contributed by atoms with Gasteiger partial charge in [0.1, 0.15) is 5.82 Å². The van der Waals surface area contributed by atoms with Gasteiger partial charge in [0.25, 0.3) is 5.56 Å². The maximum atomic E-state index is 12.1. The van der Waals surface area contributed by atoms with Crippen molar-refractivity contribution >= 4 is 0 Å². The largest absolute Gasteiger partial charge is 0.310 e. The van der Waals surface area contributed by atoms with Crippen LogP contribution < -0.4 is 5.56 Å². The monoisotopic (exact) mass is 270 g/mol. The molecule has 3 heteroatoms. The van der Waals surface area contributed by atoms with Crippen molar-refractivity contribution in [2.75, 3.05) is 0 Å². The van der Waals surface area contributed by atoms with Crippen LogP contribution >= 0.6 is 0 Å². The standard InChI is InChI=1S/C17H22N2O/c1-10(2)16-13(5)18-15(19-17(16)20)9-14-7-6-11(3)12(4)8-14/h6-8,10H,9H2,1-5H3,(H,18,19,20). The van der Waals surface area contributed by atoms with Gasteiger partial charge in [-0.25, -0.2) is 4.98 Å². The van der Waals surface area contributed by atoms with Gasteiger partial charge in [-0.15, -0.1) is 0 Å². The van der Waals surface area contributed by atoms with Gasteiger partial charge >= 0.3 is 0 Å². The van der Waals surface area contributed by atoms with E-state index in [-0.39, 0.29) is 11.5 Å². The minimum absolute atomic E-state index is 0.00802. The molecule has 0 radical (unpaired) electrons. The lowest BCUT2D eigenvalue weighted by atomic mass is 10.0. The van der Waals surface area contributed by atoms with Crippen molar-refractivity contribution in [3.05, 3.63) is 62.3 Å². The van der Waals surface area contributed by atoms with E-state index in [1.807, 2.05) is 20.8 Å². The maximum Gasteiger partial charge on any atom is 0.254 e. The molecular weight excluding hydrogens is 248 g/mol. The highest BCUT2D eigenvalue weighted by Gasteiger charge is 2.11. The molecule has 1 aromatic carbocycles. The van der Waals surface area contributed by atoms with Gasteiger partial charge in [0.15, 0.2) is 0 Å². The summed E-state index contributed by atoms with van der Waals surface area (Å²) in [6.07, 6.45) is 0.662. The Hall–Kier alpha value is -1.90. The predicted octanol–water partition coefficient (Wildman–Crippen LogP) is 3.41. The molecule has 0 bridgehead atoms. The van der Waals surface area contributed by atoms with Crippen molar-refractivity contribution in [1.82, 2.24) is 9.97 Å². The lowest BCUT2D eigenvalue weighted by molar-refractivity contribution is 0.791. The highest BCUT2D eigenvalue weighted by Crippen LogP contribution is 2.15. The van der Waals surface area contributed by atoms with Crippen LogP contribution in [0.15, 0.2) is 23.0 Å². The highest BCUT2D eigenvalue weighted by molar-refractivity contribution is 5.31. The first kappa shape index (κ1) is 14.5. The van der Waals surface area contributed by atoms with Gasteiger partial charge < -0.3 is 4.98 Å². The second kappa shape index (κ2) is 5.61. The topological polar surface area (TPSA) is 45.8 Å². The molecule has 0 saturated carbocycles. The molecular formula is C17H22N2O. The third-order valence-corrected chi connectivity index (χ3v) is 3.72. The Bertz CT molecular complexity index is 684. The van der Waals surface area contributed by atoms with E-state index >= 15 is 0 Å². The summed E-state index contributed by atoms with van der Waals surface area (Å²) >= 11 is 0. The number of nitrogens with one attached hydrogen (secondary N) is 1. The second-order valence-electron chi connectivity index (χ2n) is 5.76. The summed E-state index contributed by atoms with van der Waals surface area (Å²) in [5, 5.41) is 0. The molecule has 0 aliphatic heterocycles. The lowest BCUT2D eigenvalue weighted by Gasteiger charge is -2.10. The van der Waals surface area contributed by atoms with Crippen LogP contribution in [0.5, 0.6) is 0 Å². The van der Waals surface area contributed by atoms with E-state index in [0.29, 0.717) is 6.42 Å². The van der Waals surface area contributed by atoms with E-state index in [1.54, 1.807) is 0 Å². The molecule has 1 N–H and O–H groups in total. The molecule has 0 fully saturated rings. The molecule has 2 rings (SSSR count). The zero-order valence-corrected chi connectivity index (χ0v) is 12.9. The van der Waals surface area contributed by atoms with Gasteiger partial charge in [0.05, 0.1) is 0 Å². The quantitative estimate of drug-likeness (QED) is 0.929. The summed E-state index contributed by atoms with van der Waals surface area (Å²) in [5.74, 6) is 0.932. The van der Waals surface area contributed by atoms with Crippen LogP contribution in [0.25, 0.3) is 0 Å². The molecule has 1 heterocycles. The maximum absolute atomic E-state index is 12.1. The Kier molecular flexibility index (Phi) is 4.07. The zero-order valence-electron chi connectivity index (χ0n) is 12.9. The average Bonchev–Trinajstić information content (AvgIpc) is 2.32. The van der Waals surface area contributed by atoms with Crippen LogP contribution in [0, 0.1) is 20.8 Å². The Balaban J connectivity index is 2.35. The van der Waals surface area contributed by atoms with Gasteiger partial charge in [-0.3, -0.25) is 4.79 Å². The Morgan fingerprint density at radius 2 is 1.85 bits per heavy atom. The second-order valence-corrected chi connectivity index (χ2v) is 5.76. The van der Waals surface area contributed by atoms with Gasteiger partial charge in [-0.05, 0) is 43.4 Å². The van der Waals surface area contributed by atoms with Crippen LogP contribution in [-0.4, -0.2) is 9.97 Å². The van der Waals surface area contributed by atoms with Crippen molar-refractivity contribution in [3.63, 3.8) is 0 Å². The number of rotatable bonds is 3. The van der Waals surface area contributed by atoms with E-state index in [2.05, 4.69) is 42.0 Å². The smallest absolute Gasteiger partial charge is 0.254 e. The van der Waals surface area contributed by atoms with Crippen LogP contribution in [0.1, 0.15) is 53.5 Å². The average molecular weight is 270 g/mol. The minimum atomic E-state index is -0.00802. The molecule has 0 aliphatic rings. The third kappa shape index (κ3) is 2.98. The first-order valence-corrected chi connectivity index (χ1v) is 7.04. The Labute approximate surface area is 120 Å². The van der Waals surface area contributed by atoms with Gasteiger partial charge in [-0.2, -0.15) is 0 Å². The summed E-state index contributed by atoms with van der Waals surface area (Å²) < 4.78 is 0. The molecule has 1 aromatic heterocycles. The van der Waals surface area contributed by atoms with Gasteiger partial charge in [0, 0.05) is 17.7 Å². The molecule has 20 heavy (non-hydrogen) atoms. The molecule has 106 valence electrons. The first-order chi connectivity index (χ1) is 9.38. The van der Waals surface area contributed by atoms with E-state index in [1.165, 1.54) is 16.7 Å². The van der Waals surface area contributed by atoms with E-state index in [9.17, 15) is 4.79 Å².